The lowest BCUT2D eigenvalue weighted by atomic mass is 9.89. The molecule has 2 atom stereocenters. The highest BCUT2D eigenvalue weighted by molar-refractivity contribution is 5.90. The van der Waals surface area contributed by atoms with Crippen LogP contribution in [0.1, 0.15) is 85.0 Å². The average Bonchev–Trinajstić information content (AvgIpc) is 3.11. The van der Waals surface area contributed by atoms with Crippen LogP contribution in [0, 0.1) is 0 Å². The van der Waals surface area contributed by atoms with E-state index < -0.39 is 65.8 Å². The van der Waals surface area contributed by atoms with Crippen molar-refractivity contribution in [1.29, 1.82) is 0 Å². The van der Waals surface area contributed by atoms with Gasteiger partial charge in [0.25, 0.3) is 0 Å². The molecule has 1 aromatic heterocycles. The highest BCUT2D eigenvalue weighted by atomic mass is 19.4. The predicted molar refractivity (Wildman–Crippen MR) is 181 cm³/mol. The number of ether oxygens (including phenoxy) is 2. The van der Waals surface area contributed by atoms with Crippen LogP contribution in [-0.2, 0) is 39.2 Å². The van der Waals surface area contributed by atoms with Gasteiger partial charge in [0.2, 0.25) is 5.95 Å². The first-order valence-electron chi connectivity index (χ1n) is 17.5. The van der Waals surface area contributed by atoms with Crippen molar-refractivity contribution in [2.24, 2.45) is 0 Å². The van der Waals surface area contributed by atoms with E-state index in [0.717, 1.165) is 18.2 Å². The molecule has 55 heavy (non-hydrogen) atoms. The molecule has 2 aromatic carbocycles. The summed E-state index contributed by atoms with van der Waals surface area (Å²) >= 11 is 0. The average molecular weight is 792 g/mol. The summed E-state index contributed by atoms with van der Waals surface area (Å²) < 4.78 is 135. The van der Waals surface area contributed by atoms with Gasteiger partial charge in [-0.3, -0.25) is 9.69 Å². The molecule has 2 aliphatic rings. The minimum atomic E-state index is -5.08. The number of aromatic nitrogens is 2. The first kappa shape index (κ1) is 41.4. The molecule has 3 heterocycles. The Kier molecular flexibility index (Phi) is 12.7. The van der Waals surface area contributed by atoms with Crippen LogP contribution in [0.25, 0.3) is 0 Å². The summed E-state index contributed by atoms with van der Waals surface area (Å²) in [5.41, 5.74) is -3.77. The van der Waals surface area contributed by atoms with Crippen molar-refractivity contribution in [3.8, 4) is 0 Å². The number of morpholine rings is 1. The Morgan fingerprint density at radius 1 is 0.891 bits per heavy atom. The molecular formula is C36H38F9N5O5. The van der Waals surface area contributed by atoms with Crippen molar-refractivity contribution in [3.05, 3.63) is 76.1 Å². The number of carboxylic acids is 1. The van der Waals surface area contributed by atoms with Crippen LogP contribution in [0.3, 0.4) is 0 Å². The van der Waals surface area contributed by atoms with Gasteiger partial charge in [0.15, 0.2) is 0 Å². The number of aliphatic carboxylic acids is 1. The van der Waals surface area contributed by atoms with Crippen LogP contribution in [0.2, 0.25) is 0 Å². The number of nitrogens with one attached hydrogen (secondary N) is 1. The standard InChI is InChI=1S/C36H38F9N5O5/c1-2-25-19-27(26-18-22(34(37,38)39)7-8-29(26)50(25)33(53)55-11-5-3-4-6-31(51)52)47-32-46-20-30(49-9-12-54-13-10-49)28(48-32)16-21-14-23(35(40,41)42)17-24(15-21)36(43,44)45/h7-8,14-15,17-18,20,25,27H,2-6,9-13,16,19H2,1H3,(H,51,52)(H,46,47,48)/t25-,27+/m1/s1. The Hall–Kier alpha value is -4.81. The van der Waals surface area contributed by atoms with Gasteiger partial charge in [-0.1, -0.05) is 6.92 Å². The lowest BCUT2D eigenvalue weighted by Gasteiger charge is -2.40. The molecule has 2 N–H and O–H groups in total. The summed E-state index contributed by atoms with van der Waals surface area (Å²) in [4.78, 5) is 36.1. The fraction of sp³-hybridized carbons (Fsp3) is 0.500. The van der Waals surface area contributed by atoms with E-state index in [2.05, 4.69) is 15.3 Å². The maximum Gasteiger partial charge on any atom is 0.416 e. The van der Waals surface area contributed by atoms with E-state index in [-0.39, 0.29) is 67.2 Å². The molecule has 0 unspecified atom stereocenters. The van der Waals surface area contributed by atoms with E-state index >= 15 is 0 Å². The van der Waals surface area contributed by atoms with E-state index in [1.165, 1.54) is 11.1 Å². The van der Waals surface area contributed by atoms with Gasteiger partial charge in [-0.05, 0) is 79.6 Å². The lowest BCUT2D eigenvalue weighted by molar-refractivity contribution is -0.143. The van der Waals surface area contributed by atoms with Gasteiger partial charge >= 0.3 is 30.6 Å². The smallest absolute Gasteiger partial charge is 0.416 e. The van der Waals surface area contributed by atoms with Crippen LogP contribution in [0.4, 0.5) is 61.6 Å². The number of alkyl halides is 9. The predicted octanol–water partition coefficient (Wildman–Crippen LogP) is 8.88. The molecule has 1 fully saturated rings. The van der Waals surface area contributed by atoms with Gasteiger partial charge < -0.3 is 24.8 Å². The Morgan fingerprint density at radius 3 is 2.15 bits per heavy atom. The third kappa shape index (κ3) is 10.5. The topological polar surface area (TPSA) is 117 Å². The van der Waals surface area contributed by atoms with Crippen LogP contribution in [0.5, 0.6) is 0 Å². The molecule has 10 nitrogen and oxygen atoms in total. The number of rotatable bonds is 12. The maximum atomic E-state index is 14.0. The number of benzene rings is 2. The molecular weight excluding hydrogens is 753 g/mol. The van der Waals surface area contributed by atoms with Crippen LogP contribution in [-0.4, -0.2) is 66.1 Å². The van der Waals surface area contributed by atoms with Gasteiger partial charge in [-0.2, -0.15) is 39.5 Å². The van der Waals surface area contributed by atoms with Gasteiger partial charge in [0.1, 0.15) is 0 Å². The second-order valence-electron chi connectivity index (χ2n) is 13.2. The van der Waals surface area contributed by atoms with Crippen LogP contribution < -0.4 is 15.1 Å². The Labute approximate surface area is 309 Å². The zero-order valence-corrected chi connectivity index (χ0v) is 29.5. The summed E-state index contributed by atoms with van der Waals surface area (Å²) in [7, 11) is 0. The summed E-state index contributed by atoms with van der Waals surface area (Å²) in [6.45, 7) is 2.92. The SMILES string of the molecule is CC[C@@H]1C[C@H](Nc2ncc(N3CCOCC3)c(Cc3cc(C(F)(F)F)cc(C(F)(F)F)c3)n2)c2cc(C(F)(F)F)ccc2N1C(=O)OCCCCCC(=O)O. The number of carbonyl (C=O) groups is 2. The van der Waals surface area contributed by atoms with Gasteiger partial charge in [-0.25, -0.2) is 14.8 Å². The lowest BCUT2D eigenvalue weighted by Crippen LogP contribution is -2.46. The third-order valence-electron chi connectivity index (χ3n) is 9.31. The van der Waals surface area contributed by atoms with E-state index in [0.29, 0.717) is 56.6 Å². The number of amides is 1. The van der Waals surface area contributed by atoms with Crippen molar-refractivity contribution in [2.75, 3.05) is 48.0 Å². The molecule has 19 heteroatoms. The highest BCUT2D eigenvalue weighted by Gasteiger charge is 2.40. The van der Waals surface area contributed by atoms with Gasteiger partial charge in [0, 0.05) is 32.0 Å². The zero-order chi connectivity index (χ0) is 40.1. The minimum Gasteiger partial charge on any atom is -0.481 e. The number of nitrogens with zero attached hydrogens (tertiary/aromatic N) is 4. The number of halogens is 9. The van der Waals surface area contributed by atoms with Crippen LogP contribution >= 0.6 is 0 Å². The largest absolute Gasteiger partial charge is 0.481 e. The molecule has 0 bridgehead atoms. The van der Waals surface area contributed by atoms with Crippen molar-refractivity contribution < 1.29 is 63.7 Å². The highest BCUT2D eigenvalue weighted by Crippen LogP contribution is 2.43. The number of hydrogen-bond donors (Lipinski definition) is 2. The molecule has 300 valence electrons. The fourth-order valence-corrected chi connectivity index (χ4v) is 6.60. The van der Waals surface area contributed by atoms with Gasteiger partial charge in [0.05, 0.1) is 65.8 Å². The summed E-state index contributed by atoms with van der Waals surface area (Å²) in [5, 5.41) is 11.8. The molecule has 2 aliphatic heterocycles. The quantitative estimate of drug-likeness (QED) is 0.137. The van der Waals surface area contributed by atoms with E-state index in [4.69, 9.17) is 14.6 Å². The first-order chi connectivity index (χ1) is 25.8. The molecule has 3 aromatic rings. The Morgan fingerprint density at radius 2 is 1.55 bits per heavy atom. The van der Waals surface area contributed by atoms with Crippen molar-refractivity contribution >= 4 is 29.4 Å². The third-order valence-corrected chi connectivity index (χ3v) is 9.31. The number of carboxylic acid groups (broad SMARTS) is 1. The monoisotopic (exact) mass is 791 g/mol. The van der Waals surface area contributed by atoms with Crippen molar-refractivity contribution in [3.63, 3.8) is 0 Å². The number of unbranched alkanes of at least 4 members (excludes halogenated alkanes) is 2. The van der Waals surface area contributed by atoms with Crippen LogP contribution in [0.15, 0.2) is 42.6 Å². The first-order valence-corrected chi connectivity index (χ1v) is 17.5. The Balaban J connectivity index is 1.50. The second kappa shape index (κ2) is 16.9. The molecule has 0 spiro atoms. The van der Waals surface area contributed by atoms with Gasteiger partial charge in [-0.15, -0.1) is 0 Å². The number of hydrogen-bond acceptors (Lipinski definition) is 8. The Bertz CT molecular complexity index is 1800. The van der Waals surface area contributed by atoms with E-state index in [1.807, 2.05) is 0 Å². The number of carbonyl (C=O) groups excluding carboxylic acids is 1. The van der Waals surface area contributed by atoms with E-state index in [1.54, 1.807) is 11.8 Å². The summed E-state index contributed by atoms with van der Waals surface area (Å²) in [5.74, 6) is -1.12. The molecule has 0 radical (unpaired) electrons. The maximum absolute atomic E-state index is 14.0. The molecule has 1 amide bonds. The fourth-order valence-electron chi connectivity index (χ4n) is 6.60. The molecule has 0 saturated carbocycles. The number of fused-ring (bicyclic) bond motifs is 1. The number of anilines is 3. The summed E-state index contributed by atoms with van der Waals surface area (Å²) in [6, 6.07) is 2.58. The summed E-state index contributed by atoms with van der Waals surface area (Å²) in [6.07, 6.45) is -13.3. The zero-order valence-electron chi connectivity index (χ0n) is 29.5. The van der Waals surface area contributed by atoms with E-state index in [9.17, 15) is 49.1 Å². The molecule has 5 rings (SSSR count). The minimum absolute atomic E-state index is 0.0285. The second-order valence-corrected chi connectivity index (χ2v) is 13.2. The molecule has 1 saturated heterocycles. The van der Waals surface area contributed by atoms with Crippen molar-refractivity contribution in [2.45, 2.75) is 82.5 Å². The molecule has 0 aliphatic carbocycles. The normalized spacial score (nSPS) is 17.9. The van der Waals surface area contributed by atoms with Crippen molar-refractivity contribution in [1.82, 2.24) is 9.97 Å².